The fourth-order valence-electron chi connectivity index (χ4n) is 1.88. The lowest BCUT2D eigenvalue weighted by molar-refractivity contribution is 0.135. The first-order valence-corrected chi connectivity index (χ1v) is 8.40. The fourth-order valence-corrected chi connectivity index (χ4v) is 3.01. The Morgan fingerprint density at radius 2 is 1.57 bits per heavy atom. The first-order chi connectivity index (χ1) is 10.1. The van der Waals surface area contributed by atoms with Crippen molar-refractivity contribution in [3.63, 3.8) is 0 Å². The minimum atomic E-state index is -3.31. The molecule has 5 heteroatoms. The Balaban J connectivity index is 1.86. The largest absolute Gasteiger partial charge is 0.376 e. The second-order valence-corrected chi connectivity index (χ2v) is 6.81. The summed E-state index contributed by atoms with van der Waals surface area (Å²) in [6, 6.07) is 16.3. The fraction of sp³-hybridized carbons (Fsp3) is 0.250. The maximum Gasteiger partial charge on any atom is 0.180 e. The monoisotopic (exact) mass is 305 g/mol. The molecule has 0 unspecified atom stereocenters. The van der Waals surface area contributed by atoms with Gasteiger partial charge in [0.05, 0.1) is 23.9 Å². The van der Waals surface area contributed by atoms with Gasteiger partial charge in [0.15, 0.2) is 9.84 Å². The van der Waals surface area contributed by atoms with E-state index in [1.807, 2.05) is 30.3 Å². The highest BCUT2D eigenvalue weighted by atomic mass is 32.2. The third-order valence-electron chi connectivity index (χ3n) is 3.13. The van der Waals surface area contributed by atoms with Crippen LogP contribution >= 0.6 is 0 Å². The summed E-state index contributed by atoms with van der Waals surface area (Å²) in [6.45, 7) is 0.999. The summed E-state index contributed by atoms with van der Waals surface area (Å²) < 4.78 is 29.7. The van der Waals surface area contributed by atoms with Gasteiger partial charge in [0, 0.05) is 6.54 Å². The zero-order chi connectivity index (χ0) is 15.1. The molecule has 0 heterocycles. The minimum Gasteiger partial charge on any atom is -0.376 e. The van der Waals surface area contributed by atoms with Gasteiger partial charge in [-0.1, -0.05) is 42.5 Å². The maximum absolute atomic E-state index is 12.1. The van der Waals surface area contributed by atoms with E-state index in [0.29, 0.717) is 18.0 Å². The van der Waals surface area contributed by atoms with Crippen LogP contribution in [0.25, 0.3) is 0 Å². The van der Waals surface area contributed by atoms with Crippen molar-refractivity contribution in [1.29, 1.82) is 0 Å². The highest BCUT2D eigenvalue weighted by Gasteiger charge is 2.13. The number of nitrogens with two attached hydrogens (primary N) is 1. The number of hydrogen-bond donors (Lipinski definition) is 1. The predicted molar refractivity (Wildman–Crippen MR) is 82.5 cm³/mol. The van der Waals surface area contributed by atoms with E-state index in [1.54, 1.807) is 24.3 Å². The topological polar surface area (TPSA) is 69.4 Å². The molecular weight excluding hydrogens is 286 g/mol. The van der Waals surface area contributed by atoms with Crippen molar-refractivity contribution in [2.45, 2.75) is 18.0 Å². The summed E-state index contributed by atoms with van der Waals surface area (Å²) in [7, 11) is -3.31. The Labute approximate surface area is 125 Å². The van der Waals surface area contributed by atoms with E-state index < -0.39 is 9.84 Å². The first-order valence-electron chi connectivity index (χ1n) is 6.75. The van der Waals surface area contributed by atoms with Gasteiger partial charge in [0.2, 0.25) is 0 Å². The molecule has 0 fully saturated rings. The molecule has 0 atom stereocenters. The Bertz CT molecular complexity index is 652. The van der Waals surface area contributed by atoms with Gasteiger partial charge in [0.1, 0.15) is 0 Å². The minimum absolute atomic E-state index is 0.0260. The van der Waals surface area contributed by atoms with Crippen molar-refractivity contribution < 1.29 is 13.2 Å². The van der Waals surface area contributed by atoms with Gasteiger partial charge in [0.25, 0.3) is 0 Å². The lowest BCUT2D eigenvalue weighted by Gasteiger charge is -2.07. The van der Waals surface area contributed by atoms with Crippen molar-refractivity contribution in [3.8, 4) is 0 Å². The van der Waals surface area contributed by atoms with Gasteiger partial charge in [-0.3, -0.25) is 0 Å². The average molecular weight is 305 g/mol. The molecule has 0 aromatic heterocycles. The van der Waals surface area contributed by atoms with E-state index in [9.17, 15) is 8.42 Å². The van der Waals surface area contributed by atoms with E-state index in [0.717, 1.165) is 11.1 Å². The molecule has 2 rings (SSSR count). The van der Waals surface area contributed by atoms with E-state index >= 15 is 0 Å². The third-order valence-corrected chi connectivity index (χ3v) is 4.82. The molecule has 0 aliphatic heterocycles. The highest BCUT2D eigenvalue weighted by molar-refractivity contribution is 7.91. The first kappa shape index (κ1) is 15.7. The molecule has 0 spiro atoms. The second kappa shape index (κ2) is 7.36. The van der Waals surface area contributed by atoms with Crippen LogP contribution in [-0.2, 0) is 27.7 Å². The van der Waals surface area contributed by atoms with E-state index in [2.05, 4.69) is 0 Å². The van der Waals surface area contributed by atoms with Crippen LogP contribution in [0.15, 0.2) is 59.5 Å². The van der Waals surface area contributed by atoms with Crippen molar-refractivity contribution >= 4 is 9.84 Å². The number of benzene rings is 2. The Kier molecular flexibility index (Phi) is 5.50. The van der Waals surface area contributed by atoms with E-state index in [4.69, 9.17) is 10.5 Å². The van der Waals surface area contributed by atoms with Gasteiger partial charge >= 0.3 is 0 Å². The van der Waals surface area contributed by atoms with Crippen LogP contribution in [-0.4, -0.2) is 20.8 Å². The van der Waals surface area contributed by atoms with Crippen LogP contribution in [0, 0.1) is 0 Å². The van der Waals surface area contributed by atoms with Crippen LogP contribution < -0.4 is 5.73 Å². The standard InChI is InChI=1S/C16H19NO3S/c17-12-14-6-8-16(9-7-14)21(18,19)11-10-20-13-15-4-2-1-3-5-15/h1-9H,10-13,17H2. The molecule has 0 bridgehead atoms. The van der Waals surface area contributed by atoms with E-state index in [-0.39, 0.29) is 12.4 Å². The summed E-state index contributed by atoms with van der Waals surface area (Å²) in [5, 5.41) is 0. The molecule has 0 aliphatic carbocycles. The SMILES string of the molecule is NCc1ccc(S(=O)(=O)CCOCc2ccccc2)cc1. The maximum atomic E-state index is 12.1. The van der Waals surface area contributed by atoms with Gasteiger partial charge in [-0.15, -0.1) is 0 Å². The van der Waals surface area contributed by atoms with Gasteiger partial charge in [-0.25, -0.2) is 8.42 Å². The molecule has 2 N–H and O–H groups in total. The van der Waals surface area contributed by atoms with Gasteiger partial charge in [-0.2, -0.15) is 0 Å². The summed E-state index contributed by atoms with van der Waals surface area (Å²) in [4.78, 5) is 0.308. The second-order valence-electron chi connectivity index (χ2n) is 4.71. The predicted octanol–water partition coefficient (Wildman–Crippen LogP) is 2.14. The molecule has 4 nitrogen and oxygen atoms in total. The Morgan fingerprint density at radius 3 is 2.19 bits per heavy atom. The zero-order valence-electron chi connectivity index (χ0n) is 11.7. The van der Waals surface area contributed by atoms with Crippen LogP contribution in [0.2, 0.25) is 0 Å². The number of rotatable bonds is 7. The molecule has 112 valence electrons. The smallest absolute Gasteiger partial charge is 0.180 e. The Hall–Kier alpha value is -1.69. The molecule has 0 radical (unpaired) electrons. The lowest BCUT2D eigenvalue weighted by atomic mass is 10.2. The molecule has 0 aliphatic rings. The quantitative estimate of drug-likeness (QED) is 0.796. The van der Waals surface area contributed by atoms with Gasteiger partial charge < -0.3 is 10.5 Å². The number of hydrogen-bond acceptors (Lipinski definition) is 4. The van der Waals surface area contributed by atoms with Crippen molar-refractivity contribution in [2.24, 2.45) is 5.73 Å². The molecule has 2 aromatic rings. The van der Waals surface area contributed by atoms with Crippen LogP contribution in [0.4, 0.5) is 0 Å². The molecule has 0 saturated heterocycles. The summed E-state index contributed by atoms with van der Waals surface area (Å²) >= 11 is 0. The molecular formula is C16H19NO3S. The number of sulfone groups is 1. The lowest BCUT2D eigenvalue weighted by Crippen LogP contribution is -2.12. The van der Waals surface area contributed by atoms with E-state index in [1.165, 1.54) is 0 Å². The molecule has 0 amide bonds. The number of ether oxygens (including phenoxy) is 1. The van der Waals surface area contributed by atoms with Crippen LogP contribution in [0.3, 0.4) is 0 Å². The molecule has 2 aromatic carbocycles. The normalized spacial score (nSPS) is 11.5. The highest BCUT2D eigenvalue weighted by Crippen LogP contribution is 2.12. The summed E-state index contributed by atoms with van der Waals surface area (Å²) in [6.07, 6.45) is 0. The summed E-state index contributed by atoms with van der Waals surface area (Å²) in [5.74, 6) is -0.0260. The van der Waals surface area contributed by atoms with Crippen LogP contribution in [0.5, 0.6) is 0 Å². The van der Waals surface area contributed by atoms with Crippen molar-refractivity contribution in [2.75, 3.05) is 12.4 Å². The summed E-state index contributed by atoms with van der Waals surface area (Å²) in [5.41, 5.74) is 7.43. The third kappa shape index (κ3) is 4.67. The molecule has 21 heavy (non-hydrogen) atoms. The molecule has 0 saturated carbocycles. The Morgan fingerprint density at radius 1 is 0.905 bits per heavy atom. The zero-order valence-corrected chi connectivity index (χ0v) is 12.6. The van der Waals surface area contributed by atoms with Crippen molar-refractivity contribution in [3.05, 3.63) is 65.7 Å². The van der Waals surface area contributed by atoms with Gasteiger partial charge in [-0.05, 0) is 23.3 Å². The average Bonchev–Trinajstić information content (AvgIpc) is 2.53. The van der Waals surface area contributed by atoms with Crippen molar-refractivity contribution in [1.82, 2.24) is 0 Å². The van der Waals surface area contributed by atoms with Crippen LogP contribution in [0.1, 0.15) is 11.1 Å².